The second-order valence-corrected chi connectivity index (χ2v) is 7.56. The molecule has 0 aliphatic heterocycles. The van der Waals surface area contributed by atoms with E-state index in [4.69, 9.17) is 9.47 Å². The van der Waals surface area contributed by atoms with Crippen LogP contribution in [0.4, 0.5) is 5.69 Å². The van der Waals surface area contributed by atoms with Gasteiger partial charge >= 0.3 is 0 Å². The van der Waals surface area contributed by atoms with Crippen LogP contribution in [0.5, 0.6) is 11.5 Å². The maximum Gasteiger partial charge on any atom is 0.267 e. The van der Waals surface area contributed by atoms with E-state index < -0.39 is 0 Å². The molecule has 7 nitrogen and oxygen atoms in total. The standard InChI is InChI=1S/C19H25N3O4S/c1-10(2)18-20-11(3)16(27-18)17(23)21-13-9-15(26-7)14(25-6)8-12(13)19(24)22(4)5/h8-10H,1-7H3,(H,21,23). The van der Waals surface area contributed by atoms with Crippen molar-refractivity contribution in [3.63, 3.8) is 0 Å². The molecule has 0 unspecified atom stereocenters. The lowest BCUT2D eigenvalue weighted by atomic mass is 10.1. The zero-order valence-corrected chi connectivity index (χ0v) is 17.5. The predicted octanol–water partition coefficient (Wildman–Crippen LogP) is 3.55. The monoisotopic (exact) mass is 391 g/mol. The lowest BCUT2D eigenvalue weighted by molar-refractivity contribution is 0.0828. The predicted molar refractivity (Wildman–Crippen MR) is 106 cm³/mol. The van der Waals surface area contributed by atoms with Crippen molar-refractivity contribution in [3.05, 3.63) is 33.3 Å². The first-order valence-electron chi connectivity index (χ1n) is 8.45. The van der Waals surface area contributed by atoms with Crippen LogP contribution in [0.25, 0.3) is 0 Å². The van der Waals surface area contributed by atoms with E-state index in [1.807, 2.05) is 13.8 Å². The highest BCUT2D eigenvalue weighted by Crippen LogP contribution is 2.34. The summed E-state index contributed by atoms with van der Waals surface area (Å²) in [5, 5.41) is 3.73. The Balaban J connectivity index is 2.47. The topological polar surface area (TPSA) is 80.8 Å². The first-order valence-corrected chi connectivity index (χ1v) is 9.27. The van der Waals surface area contributed by atoms with E-state index in [0.29, 0.717) is 33.3 Å². The molecule has 2 amide bonds. The van der Waals surface area contributed by atoms with Crippen molar-refractivity contribution in [2.24, 2.45) is 0 Å². The van der Waals surface area contributed by atoms with Crippen molar-refractivity contribution in [2.45, 2.75) is 26.7 Å². The number of nitrogens with one attached hydrogen (secondary N) is 1. The maximum absolute atomic E-state index is 12.8. The summed E-state index contributed by atoms with van der Waals surface area (Å²) in [5.74, 6) is 0.512. The van der Waals surface area contributed by atoms with Crippen LogP contribution in [0.3, 0.4) is 0 Å². The van der Waals surface area contributed by atoms with Crippen molar-refractivity contribution in [3.8, 4) is 11.5 Å². The van der Waals surface area contributed by atoms with Crippen LogP contribution in [0, 0.1) is 6.92 Å². The molecule has 0 fully saturated rings. The Morgan fingerprint density at radius 3 is 2.22 bits per heavy atom. The number of anilines is 1. The number of carbonyl (C=O) groups is 2. The molecule has 0 aliphatic rings. The highest BCUT2D eigenvalue weighted by molar-refractivity contribution is 7.14. The summed E-state index contributed by atoms with van der Waals surface area (Å²) in [6, 6.07) is 3.16. The van der Waals surface area contributed by atoms with Gasteiger partial charge in [0.05, 0.1) is 36.2 Å². The minimum atomic E-state index is -0.308. The summed E-state index contributed by atoms with van der Waals surface area (Å²) in [6.45, 7) is 5.86. The van der Waals surface area contributed by atoms with Gasteiger partial charge in [-0.3, -0.25) is 9.59 Å². The Labute approximate surface area is 163 Å². The molecule has 1 N–H and O–H groups in total. The van der Waals surface area contributed by atoms with Gasteiger partial charge < -0.3 is 19.7 Å². The first-order chi connectivity index (χ1) is 12.7. The number of aromatic nitrogens is 1. The highest BCUT2D eigenvalue weighted by atomic mass is 32.1. The van der Waals surface area contributed by atoms with Crippen molar-refractivity contribution in [2.75, 3.05) is 33.6 Å². The molecule has 1 heterocycles. The molecule has 1 aromatic heterocycles. The number of benzene rings is 1. The average Bonchev–Trinajstić information content (AvgIpc) is 3.02. The number of methoxy groups -OCH3 is 2. The number of hydrogen-bond donors (Lipinski definition) is 1. The molecule has 2 rings (SSSR count). The Bertz CT molecular complexity index is 859. The molecular weight excluding hydrogens is 366 g/mol. The minimum Gasteiger partial charge on any atom is -0.493 e. The van der Waals surface area contributed by atoms with Gasteiger partial charge in [0, 0.05) is 26.1 Å². The summed E-state index contributed by atoms with van der Waals surface area (Å²) < 4.78 is 10.6. The number of thiazole rings is 1. The molecule has 1 aromatic carbocycles. The minimum absolute atomic E-state index is 0.238. The molecule has 0 bridgehead atoms. The molecule has 146 valence electrons. The Hall–Kier alpha value is -2.61. The van der Waals surface area contributed by atoms with Gasteiger partial charge in [0.25, 0.3) is 11.8 Å². The number of amides is 2. The van der Waals surface area contributed by atoms with Crippen LogP contribution in [0.1, 0.15) is 50.5 Å². The van der Waals surface area contributed by atoms with Crippen molar-refractivity contribution in [1.29, 1.82) is 0 Å². The zero-order valence-electron chi connectivity index (χ0n) is 16.7. The number of ether oxygens (including phenoxy) is 2. The summed E-state index contributed by atoms with van der Waals surface area (Å²) in [7, 11) is 6.28. The van der Waals surface area contributed by atoms with Gasteiger partial charge in [0.15, 0.2) is 11.5 Å². The van der Waals surface area contributed by atoms with Gasteiger partial charge in [-0.15, -0.1) is 11.3 Å². The first kappa shape index (κ1) is 20.7. The molecule has 0 radical (unpaired) electrons. The van der Waals surface area contributed by atoms with E-state index in [-0.39, 0.29) is 17.7 Å². The fraction of sp³-hybridized carbons (Fsp3) is 0.421. The molecule has 0 saturated carbocycles. The van der Waals surface area contributed by atoms with E-state index in [9.17, 15) is 9.59 Å². The number of nitrogens with zero attached hydrogens (tertiary/aromatic N) is 2. The molecule has 27 heavy (non-hydrogen) atoms. The number of rotatable bonds is 6. The largest absolute Gasteiger partial charge is 0.493 e. The van der Waals surface area contributed by atoms with E-state index >= 15 is 0 Å². The molecule has 0 aliphatic carbocycles. The van der Waals surface area contributed by atoms with E-state index in [1.54, 1.807) is 33.2 Å². The normalized spacial score (nSPS) is 10.7. The van der Waals surface area contributed by atoms with E-state index in [2.05, 4.69) is 10.3 Å². The van der Waals surface area contributed by atoms with Gasteiger partial charge in [-0.1, -0.05) is 13.8 Å². The highest BCUT2D eigenvalue weighted by Gasteiger charge is 2.22. The Kier molecular flexibility index (Phi) is 6.43. The maximum atomic E-state index is 12.8. The quantitative estimate of drug-likeness (QED) is 0.814. The van der Waals surface area contributed by atoms with Crippen LogP contribution >= 0.6 is 11.3 Å². The van der Waals surface area contributed by atoms with Gasteiger partial charge in [-0.2, -0.15) is 0 Å². The molecule has 0 atom stereocenters. The van der Waals surface area contributed by atoms with Gasteiger partial charge in [-0.25, -0.2) is 4.98 Å². The lowest BCUT2D eigenvalue weighted by Gasteiger charge is -2.17. The van der Waals surface area contributed by atoms with Crippen LogP contribution < -0.4 is 14.8 Å². The fourth-order valence-electron chi connectivity index (χ4n) is 2.45. The molecule has 0 spiro atoms. The smallest absolute Gasteiger partial charge is 0.267 e. The summed E-state index contributed by atoms with van der Waals surface area (Å²) in [4.78, 5) is 31.8. The van der Waals surface area contributed by atoms with Crippen LogP contribution in [0.2, 0.25) is 0 Å². The van der Waals surface area contributed by atoms with Crippen LogP contribution in [0.15, 0.2) is 12.1 Å². The third kappa shape index (κ3) is 4.39. The van der Waals surface area contributed by atoms with Crippen molar-refractivity contribution in [1.82, 2.24) is 9.88 Å². The molecule has 8 heteroatoms. The summed E-state index contributed by atoms with van der Waals surface area (Å²) in [6.07, 6.45) is 0. The Morgan fingerprint density at radius 1 is 1.15 bits per heavy atom. The fourth-order valence-corrected chi connectivity index (χ4v) is 3.42. The van der Waals surface area contributed by atoms with E-state index in [1.165, 1.54) is 30.5 Å². The lowest BCUT2D eigenvalue weighted by Crippen LogP contribution is -2.24. The number of carbonyl (C=O) groups excluding carboxylic acids is 2. The summed E-state index contributed by atoms with van der Waals surface area (Å²) >= 11 is 1.36. The Morgan fingerprint density at radius 2 is 1.74 bits per heavy atom. The van der Waals surface area contributed by atoms with E-state index in [0.717, 1.165) is 5.01 Å². The molecule has 0 saturated heterocycles. The number of aryl methyl sites for hydroxylation is 1. The third-order valence-electron chi connectivity index (χ3n) is 3.92. The van der Waals surface area contributed by atoms with Crippen molar-refractivity contribution >= 4 is 28.8 Å². The van der Waals surface area contributed by atoms with Crippen LogP contribution in [-0.2, 0) is 0 Å². The SMILES string of the molecule is COc1cc(NC(=O)c2sc(C(C)C)nc2C)c(C(=O)N(C)C)cc1OC. The average molecular weight is 391 g/mol. The third-order valence-corrected chi connectivity index (χ3v) is 5.38. The summed E-state index contributed by atoms with van der Waals surface area (Å²) in [5.41, 5.74) is 1.34. The second-order valence-electron chi connectivity index (χ2n) is 6.53. The molecular formula is C19H25N3O4S. The van der Waals surface area contributed by atoms with Gasteiger partial charge in [0.2, 0.25) is 0 Å². The zero-order chi connectivity index (χ0) is 20.3. The number of hydrogen-bond acceptors (Lipinski definition) is 6. The van der Waals surface area contributed by atoms with Crippen molar-refractivity contribution < 1.29 is 19.1 Å². The van der Waals surface area contributed by atoms with Crippen LogP contribution in [-0.4, -0.2) is 50.0 Å². The second kappa shape index (κ2) is 8.39. The molecule has 2 aromatic rings. The van der Waals surface area contributed by atoms with Gasteiger partial charge in [-0.05, 0) is 13.0 Å². The van der Waals surface area contributed by atoms with Gasteiger partial charge in [0.1, 0.15) is 4.88 Å².